The fourth-order valence-corrected chi connectivity index (χ4v) is 2.82. The number of hydrogen-bond acceptors (Lipinski definition) is 5. The zero-order valence-corrected chi connectivity index (χ0v) is 12.5. The van der Waals surface area contributed by atoms with E-state index in [-0.39, 0.29) is 0 Å². The van der Waals surface area contributed by atoms with Crippen molar-refractivity contribution < 1.29 is 0 Å². The molecule has 0 atom stereocenters. The Bertz CT molecular complexity index is 788. The average molecular weight is 294 g/mol. The molecule has 0 unspecified atom stereocenters. The van der Waals surface area contributed by atoms with Crippen molar-refractivity contribution in [3.8, 4) is 11.4 Å². The van der Waals surface area contributed by atoms with Crippen LogP contribution < -0.4 is 4.90 Å². The van der Waals surface area contributed by atoms with Crippen LogP contribution in [0, 0.1) is 0 Å². The van der Waals surface area contributed by atoms with Gasteiger partial charge in [0.05, 0.1) is 5.69 Å². The van der Waals surface area contributed by atoms with E-state index in [0.29, 0.717) is 0 Å². The second kappa shape index (κ2) is 5.38. The molecule has 4 heterocycles. The summed E-state index contributed by atoms with van der Waals surface area (Å²) in [5, 5.41) is 8.36. The molecule has 0 aliphatic carbocycles. The quantitative estimate of drug-likeness (QED) is 0.780. The fourth-order valence-electron chi connectivity index (χ4n) is 2.82. The normalized spacial score (nSPS) is 16.3. The number of aromatic nitrogens is 4. The summed E-state index contributed by atoms with van der Waals surface area (Å²) < 4.78 is 0. The number of piperazine rings is 1. The molecular weight excluding hydrogens is 276 g/mol. The number of anilines is 1. The first-order valence-electron chi connectivity index (χ1n) is 7.51. The number of fused-ring (bicyclic) bond motifs is 1. The van der Waals surface area contributed by atoms with Gasteiger partial charge in [-0.15, -0.1) is 0 Å². The van der Waals surface area contributed by atoms with E-state index in [2.05, 4.69) is 38.1 Å². The van der Waals surface area contributed by atoms with Crippen LogP contribution in [0.1, 0.15) is 0 Å². The largest absolute Gasteiger partial charge is 0.354 e. The van der Waals surface area contributed by atoms with Gasteiger partial charge < -0.3 is 9.80 Å². The monoisotopic (exact) mass is 294 g/mol. The second-order valence-electron chi connectivity index (χ2n) is 5.64. The predicted octanol–water partition coefficient (Wildman–Crippen LogP) is 1.77. The molecule has 0 radical (unpaired) electrons. The van der Waals surface area contributed by atoms with Crippen LogP contribution in [-0.4, -0.2) is 58.3 Å². The number of hydrogen-bond donors (Lipinski definition) is 1. The summed E-state index contributed by atoms with van der Waals surface area (Å²) in [5.74, 6) is 1.02. The van der Waals surface area contributed by atoms with Gasteiger partial charge in [0.1, 0.15) is 11.5 Å². The van der Waals surface area contributed by atoms with Crippen molar-refractivity contribution in [1.29, 1.82) is 0 Å². The molecule has 22 heavy (non-hydrogen) atoms. The number of aromatic amines is 1. The van der Waals surface area contributed by atoms with E-state index in [1.165, 1.54) is 0 Å². The standard InChI is InChI=1S/C16H18N6/c1-21-8-10-22(11-9-21)14-6-2-5-13(18-14)15-12-4-3-7-17-16(12)20-19-15/h2-7H,8-11H2,1H3,(H,17,19,20). The van der Waals surface area contributed by atoms with Crippen LogP contribution in [0.5, 0.6) is 0 Å². The molecule has 1 fully saturated rings. The van der Waals surface area contributed by atoms with E-state index in [0.717, 1.165) is 54.4 Å². The van der Waals surface area contributed by atoms with E-state index < -0.39 is 0 Å². The molecule has 112 valence electrons. The average Bonchev–Trinajstić information content (AvgIpc) is 3.00. The minimum atomic E-state index is 0.796. The number of pyridine rings is 2. The summed E-state index contributed by atoms with van der Waals surface area (Å²) >= 11 is 0. The summed E-state index contributed by atoms with van der Waals surface area (Å²) in [5.41, 5.74) is 2.54. The first-order chi connectivity index (χ1) is 10.8. The minimum Gasteiger partial charge on any atom is -0.354 e. The molecule has 0 spiro atoms. The van der Waals surface area contributed by atoms with Gasteiger partial charge in [-0.1, -0.05) is 6.07 Å². The van der Waals surface area contributed by atoms with Gasteiger partial charge in [-0.05, 0) is 31.3 Å². The molecule has 1 N–H and O–H groups in total. The highest BCUT2D eigenvalue weighted by atomic mass is 15.3. The molecule has 1 aliphatic rings. The molecule has 3 aromatic rings. The topological polar surface area (TPSA) is 60.9 Å². The number of rotatable bonds is 2. The molecule has 0 bridgehead atoms. The Morgan fingerprint density at radius 2 is 1.91 bits per heavy atom. The summed E-state index contributed by atoms with van der Waals surface area (Å²) in [4.78, 5) is 13.8. The van der Waals surface area contributed by atoms with E-state index in [1.807, 2.05) is 24.3 Å². The Labute approximate surface area is 128 Å². The summed E-state index contributed by atoms with van der Waals surface area (Å²) in [7, 11) is 2.16. The van der Waals surface area contributed by atoms with Gasteiger partial charge in [-0.25, -0.2) is 9.97 Å². The number of likely N-dealkylation sites (N-methyl/N-ethyl adjacent to an activating group) is 1. The van der Waals surface area contributed by atoms with E-state index in [9.17, 15) is 0 Å². The molecule has 0 saturated carbocycles. The lowest BCUT2D eigenvalue weighted by atomic mass is 10.2. The molecule has 6 nitrogen and oxygen atoms in total. The van der Waals surface area contributed by atoms with Gasteiger partial charge in [0.25, 0.3) is 0 Å². The third-order valence-electron chi connectivity index (χ3n) is 4.14. The van der Waals surface area contributed by atoms with Crippen LogP contribution in [0.3, 0.4) is 0 Å². The zero-order chi connectivity index (χ0) is 14.9. The lowest BCUT2D eigenvalue weighted by molar-refractivity contribution is 0.312. The van der Waals surface area contributed by atoms with Crippen LogP contribution >= 0.6 is 0 Å². The summed E-state index contributed by atoms with van der Waals surface area (Å²) in [6, 6.07) is 10.1. The Balaban J connectivity index is 1.70. The van der Waals surface area contributed by atoms with Crippen molar-refractivity contribution in [3.05, 3.63) is 36.5 Å². The molecule has 6 heteroatoms. The predicted molar refractivity (Wildman–Crippen MR) is 86.8 cm³/mol. The van der Waals surface area contributed by atoms with Crippen LogP contribution in [0.2, 0.25) is 0 Å². The van der Waals surface area contributed by atoms with Crippen LogP contribution in [0.4, 0.5) is 5.82 Å². The second-order valence-corrected chi connectivity index (χ2v) is 5.64. The smallest absolute Gasteiger partial charge is 0.155 e. The first-order valence-corrected chi connectivity index (χ1v) is 7.51. The molecule has 1 saturated heterocycles. The molecular formula is C16H18N6. The van der Waals surface area contributed by atoms with Crippen LogP contribution in [0.25, 0.3) is 22.4 Å². The highest BCUT2D eigenvalue weighted by Crippen LogP contribution is 2.25. The number of H-pyrrole nitrogens is 1. The van der Waals surface area contributed by atoms with Crippen molar-refractivity contribution >= 4 is 16.9 Å². The van der Waals surface area contributed by atoms with Crippen molar-refractivity contribution in [1.82, 2.24) is 25.1 Å². The van der Waals surface area contributed by atoms with Gasteiger partial charge in [0, 0.05) is 37.8 Å². The van der Waals surface area contributed by atoms with Crippen molar-refractivity contribution in [3.63, 3.8) is 0 Å². The maximum atomic E-state index is 4.81. The Morgan fingerprint density at radius 3 is 2.77 bits per heavy atom. The highest BCUT2D eigenvalue weighted by molar-refractivity contribution is 5.89. The van der Waals surface area contributed by atoms with Gasteiger partial charge >= 0.3 is 0 Å². The first kappa shape index (κ1) is 13.2. The summed E-state index contributed by atoms with van der Waals surface area (Å²) in [6.07, 6.45) is 1.76. The maximum absolute atomic E-state index is 4.81. The van der Waals surface area contributed by atoms with Crippen molar-refractivity contribution in [2.45, 2.75) is 0 Å². The van der Waals surface area contributed by atoms with E-state index >= 15 is 0 Å². The summed E-state index contributed by atoms with van der Waals surface area (Å²) in [6.45, 7) is 4.16. The van der Waals surface area contributed by atoms with Crippen molar-refractivity contribution in [2.75, 3.05) is 38.1 Å². The van der Waals surface area contributed by atoms with E-state index in [1.54, 1.807) is 6.20 Å². The zero-order valence-electron chi connectivity index (χ0n) is 12.5. The molecule has 0 amide bonds. The Morgan fingerprint density at radius 1 is 1.05 bits per heavy atom. The maximum Gasteiger partial charge on any atom is 0.155 e. The van der Waals surface area contributed by atoms with Gasteiger partial charge in [-0.2, -0.15) is 5.10 Å². The van der Waals surface area contributed by atoms with Crippen LogP contribution in [-0.2, 0) is 0 Å². The van der Waals surface area contributed by atoms with Gasteiger partial charge in [-0.3, -0.25) is 5.10 Å². The lowest BCUT2D eigenvalue weighted by Gasteiger charge is -2.33. The molecule has 1 aliphatic heterocycles. The van der Waals surface area contributed by atoms with Gasteiger partial charge in [0.15, 0.2) is 5.65 Å². The lowest BCUT2D eigenvalue weighted by Crippen LogP contribution is -2.44. The van der Waals surface area contributed by atoms with E-state index in [4.69, 9.17) is 4.98 Å². The van der Waals surface area contributed by atoms with Crippen molar-refractivity contribution in [2.24, 2.45) is 0 Å². The Hall–Kier alpha value is -2.47. The fraction of sp³-hybridized carbons (Fsp3) is 0.312. The third-order valence-corrected chi connectivity index (χ3v) is 4.14. The SMILES string of the molecule is CN1CCN(c2cccc(-c3n[nH]c4ncccc34)n2)CC1. The van der Waals surface area contributed by atoms with Gasteiger partial charge in [0.2, 0.25) is 0 Å². The molecule has 0 aromatic carbocycles. The third kappa shape index (κ3) is 2.31. The Kier molecular flexibility index (Phi) is 3.23. The minimum absolute atomic E-state index is 0.796. The van der Waals surface area contributed by atoms with Crippen LogP contribution in [0.15, 0.2) is 36.5 Å². The highest BCUT2D eigenvalue weighted by Gasteiger charge is 2.17. The number of nitrogens with zero attached hydrogens (tertiary/aromatic N) is 5. The molecule has 4 rings (SSSR count). The molecule has 3 aromatic heterocycles. The number of nitrogens with one attached hydrogen (secondary N) is 1.